The average molecular weight is 266 g/mol. The topological polar surface area (TPSA) is 66.8 Å². The van der Waals surface area contributed by atoms with Crippen molar-refractivity contribution in [3.8, 4) is 5.75 Å². The summed E-state index contributed by atoms with van der Waals surface area (Å²) < 4.78 is 24.5. The fourth-order valence-electron chi connectivity index (χ4n) is 1.12. The molecule has 0 saturated carbocycles. The molecule has 0 amide bonds. The molecule has 0 fully saturated rings. The van der Waals surface area contributed by atoms with Gasteiger partial charge in [-0.1, -0.05) is 22.1 Å². The van der Waals surface area contributed by atoms with Crippen LogP contribution in [0.5, 0.6) is 5.75 Å². The van der Waals surface area contributed by atoms with Gasteiger partial charge in [0.1, 0.15) is 10.6 Å². The number of aromatic hydroxyl groups is 1. The summed E-state index contributed by atoms with van der Waals surface area (Å²) in [5.41, 5.74) is 0.424. The van der Waals surface area contributed by atoms with E-state index in [9.17, 15) is 13.5 Å². The highest BCUT2D eigenvalue weighted by Gasteiger charge is 2.28. The van der Waals surface area contributed by atoms with Crippen LogP contribution in [0.25, 0.3) is 0 Å². The van der Waals surface area contributed by atoms with Crippen LogP contribution in [0, 0.1) is 6.92 Å². The molecule has 7 heteroatoms. The van der Waals surface area contributed by atoms with E-state index in [1.165, 1.54) is 26.3 Å². The van der Waals surface area contributed by atoms with Gasteiger partial charge in [-0.3, -0.25) is 4.84 Å². The summed E-state index contributed by atoms with van der Waals surface area (Å²) in [6, 6.07) is 2.94. The van der Waals surface area contributed by atoms with E-state index in [0.29, 0.717) is 10.0 Å². The fourth-order valence-corrected chi connectivity index (χ4v) is 2.74. The van der Waals surface area contributed by atoms with E-state index in [-0.39, 0.29) is 15.7 Å². The Bertz CT molecular complexity index is 500. The predicted molar refractivity (Wildman–Crippen MR) is 59.8 cm³/mol. The first-order valence-electron chi connectivity index (χ1n) is 4.33. The normalized spacial score (nSPS) is 12.1. The Morgan fingerprint density at radius 2 is 2.00 bits per heavy atom. The quantitative estimate of drug-likeness (QED) is 0.842. The molecule has 1 rings (SSSR count). The summed E-state index contributed by atoms with van der Waals surface area (Å²) in [6.07, 6.45) is 0. The highest BCUT2D eigenvalue weighted by Crippen LogP contribution is 2.34. The van der Waals surface area contributed by atoms with Crippen molar-refractivity contribution >= 4 is 21.6 Å². The lowest BCUT2D eigenvalue weighted by atomic mass is 10.2. The van der Waals surface area contributed by atoms with Crippen molar-refractivity contribution in [3.63, 3.8) is 0 Å². The Morgan fingerprint density at radius 1 is 1.44 bits per heavy atom. The molecule has 1 N–H and O–H groups in total. The number of aryl methyl sites for hydroxylation is 1. The highest BCUT2D eigenvalue weighted by molar-refractivity contribution is 7.89. The fraction of sp³-hybridized carbons (Fsp3) is 0.333. The summed E-state index contributed by atoms with van der Waals surface area (Å²) in [5.74, 6) is -0.364. The smallest absolute Gasteiger partial charge is 0.269 e. The van der Waals surface area contributed by atoms with Gasteiger partial charge in [0.05, 0.1) is 12.1 Å². The molecule has 16 heavy (non-hydrogen) atoms. The minimum Gasteiger partial charge on any atom is -0.506 e. The Morgan fingerprint density at radius 3 is 2.50 bits per heavy atom. The number of halogens is 1. The van der Waals surface area contributed by atoms with Crippen LogP contribution in [0.3, 0.4) is 0 Å². The molecule has 5 nitrogen and oxygen atoms in total. The van der Waals surface area contributed by atoms with E-state index in [1.54, 1.807) is 6.92 Å². The zero-order chi connectivity index (χ0) is 12.5. The number of phenolic OH excluding ortho intramolecular Hbond substituents is 1. The van der Waals surface area contributed by atoms with Gasteiger partial charge in [0.15, 0.2) is 0 Å². The maximum atomic E-state index is 11.9. The maximum Gasteiger partial charge on any atom is 0.269 e. The van der Waals surface area contributed by atoms with E-state index in [4.69, 9.17) is 11.6 Å². The molecule has 0 radical (unpaired) electrons. The van der Waals surface area contributed by atoms with Crippen LogP contribution in [0.2, 0.25) is 5.02 Å². The van der Waals surface area contributed by atoms with Crippen LogP contribution in [-0.2, 0) is 14.9 Å². The molecule has 0 aliphatic heterocycles. The monoisotopic (exact) mass is 265 g/mol. The van der Waals surface area contributed by atoms with Crippen molar-refractivity contribution in [2.24, 2.45) is 0 Å². The first kappa shape index (κ1) is 13.2. The molecule has 1 aromatic carbocycles. The van der Waals surface area contributed by atoms with Gasteiger partial charge < -0.3 is 5.11 Å². The van der Waals surface area contributed by atoms with Crippen LogP contribution in [-0.4, -0.2) is 32.2 Å². The van der Waals surface area contributed by atoms with Crippen LogP contribution in [0.1, 0.15) is 5.56 Å². The van der Waals surface area contributed by atoms with Gasteiger partial charge >= 0.3 is 0 Å². The predicted octanol–water partition coefficient (Wildman–Crippen LogP) is 1.54. The van der Waals surface area contributed by atoms with Crippen molar-refractivity contribution in [1.82, 2.24) is 4.47 Å². The Kier molecular flexibility index (Phi) is 3.80. The maximum absolute atomic E-state index is 11.9. The lowest BCUT2D eigenvalue weighted by Gasteiger charge is -2.16. The molecule has 0 aliphatic rings. The number of rotatable bonds is 3. The average Bonchev–Trinajstić information content (AvgIpc) is 2.22. The minimum absolute atomic E-state index is 0.0491. The number of nitrogens with zero attached hydrogens (tertiary/aromatic N) is 1. The van der Waals surface area contributed by atoms with Gasteiger partial charge in [-0.05, 0) is 18.6 Å². The van der Waals surface area contributed by atoms with Crippen LogP contribution < -0.4 is 0 Å². The second kappa shape index (κ2) is 4.58. The number of hydroxylamine groups is 1. The second-order valence-electron chi connectivity index (χ2n) is 3.14. The van der Waals surface area contributed by atoms with Gasteiger partial charge in [0.25, 0.3) is 10.0 Å². The van der Waals surface area contributed by atoms with E-state index in [0.717, 1.165) is 0 Å². The SMILES string of the molecule is CON(C)S(=O)(=O)c1c(Cl)ccc(C)c1O. The Labute approximate surface area is 99.2 Å². The molecule has 0 heterocycles. The lowest BCUT2D eigenvalue weighted by molar-refractivity contribution is -0.0259. The number of hydrogen-bond donors (Lipinski definition) is 1. The summed E-state index contributed by atoms with van der Waals surface area (Å²) in [7, 11) is -1.52. The summed E-state index contributed by atoms with van der Waals surface area (Å²) >= 11 is 5.77. The number of benzene rings is 1. The van der Waals surface area contributed by atoms with Crippen LogP contribution in [0.15, 0.2) is 17.0 Å². The molecule has 0 saturated heterocycles. The number of sulfonamides is 1. The first-order valence-corrected chi connectivity index (χ1v) is 6.15. The third-order valence-electron chi connectivity index (χ3n) is 2.14. The molecule has 0 bridgehead atoms. The number of hydrogen-bond acceptors (Lipinski definition) is 4. The highest BCUT2D eigenvalue weighted by atomic mass is 35.5. The zero-order valence-corrected chi connectivity index (χ0v) is 10.6. The molecule has 1 aromatic rings. The largest absolute Gasteiger partial charge is 0.506 e. The standard InChI is InChI=1S/C9H12ClNO4S/c1-6-4-5-7(10)9(8(6)12)16(13,14)11(2)15-3/h4-5,12H,1-3H3. The van der Waals surface area contributed by atoms with Crippen LogP contribution >= 0.6 is 11.6 Å². The van der Waals surface area contributed by atoms with Gasteiger partial charge in [-0.15, -0.1) is 0 Å². The zero-order valence-electron chi connectivity index (χ0n) is 9.06. The third-order valence-corrected chi connectivity index (χ3v) is 4.32. The van der Waals surface area contributed by atoms with Crippen LogP contribution in [0.4, 0.5) is 0 Å². The van der Waals surface area contributed by atoms with Gasteiger partial charge in [0, 0.05) is 7.05 Å². The molecular formula is C9H12ClNO4S. The third kappa shape index (κ3) is 2.15. The van der Waals surface area contributed by atoms with Crippen molar-refractivity contribution in [2.45, 2.75) is 11.8 Å². The summed E-state index contributed by atoms with van der Waals surface area (Å²) in [5, 5.41) is 9.66. The molecule has 0 aromatic heterocycles. The van der Waals surface area contributed by atoms with Crippen molar-refractivity contribution in [1.29, 1.82) is 0 Å². The molecule has 90 valence electrons. The second-order valence-corrected chi connectivity index (χ2v) is 5.42. The number of phenols is 1. The van der Waals surface area contributed by atoms with E-state index < -0.39 is 10.0 Å². The first-order chi connectivity index (χ1) is 7.32. The summed E-state index contributed by atoms with van der Waals surface area (Å²) in [6.45, 7) is 1.58. The van der Waals surface area contributed by atoms with E-state index >= 15 is 0 Å². The Balaban J connectivity index is 3.50. The van der Waals surface area contributed by atoms with Crippen molar-refractivity contribution < 1.29 is 18.4 Å². The molecular weight excluding hydrogens is 254 g/mol. The molecule has 0 atom stereocenters. The van der Waals surface area contributed by atoms with Gasteiger partial charge in [-0.2, -0.15) is 0 Å². The Hall–Kier alpha value is -0.820. The van der Waals surface area contributed by atoms with Crippen molar-refractivity contribution in [3.05, 3.63) is 22.7 Å². The molecule has 0 aliphatic carbocycles. The van der Waals surface area contributed by atoms with E-state index in [2.05, 4.69) is 4.84 Å². The van der Waals surface area contributed by atoms with E-state index in [1.807, 2.05) is 0 Å². The van der Waals surface area contributed by atoms with Gasteiger partial charge in [-0.25, -0.2) is 8.42 Å². The summed E-state index contributed by atoms with van der Waals surface area (Å²) in [4.78, 5) is 4.25. The minimum atomic E-state index is -3.94. The molecule has 0 unspecified atom stereocenters. The van der Waals surface area contributed by atoms with Crippen molar-refractivity contribution in [2.75, 3.05) is 14.2 Å². The van der Waals surface area contributed by atoms with Gasteiger partial charge in [0.2, 0.25) is 0 Å². The molecule has 0 spiro atoms. The lowest BCUT2D eigenvalue weighted by Crippen LogP contribution is -2.26.